The summed E-state index contributed by atoms with van der Waals surface area (Å²) >= 11 is 18.2. The molecule has 2 unspecified atom stereocenters. The van der Waals surface area contributed by atoms with Gasteiger partial charge in [0.25, 0.3) is 5.91 Å². The van der Waals surface area contributed by atoms with Gasteiger partial charge in [-0.1, -0.05) is 34.8 Å². The number of hydrogen-bond acceptors (Lipinski definition) is 5. The number of nitrogens with zero attached hydrogens (tertiary/aromatic N) is 2. The van der Waals surface area contributed by atoms with E-state index < -0.39 is 35.1 Å². The van der Waals surface area contributed by atoms with Crippen LogP contribution in [0.4, 0.5) is 5.69 Å². The van der Waals surface area contributed by atoms with E-state index in [1.165, 1.54) is 12.1 Å². The van der Waals surface area contributed by atoms with Crippen molar-refractivity contribution in [1.82, 2.24) is 9.62 Å². The fourth-order valence-corrected chi connectivity index (χ4v) is 9.67. The second kappa shape index (κ2) is 8.76. The van der Waals surface area contributed by atoms with Gasteiger partial charge >= 0.3 is 10.2 Å². The number of benzene rings is 1. The van der Waals surface area contributed by atoms with Crippen molar-refractivity contribution in [3.63, 3.8) is 0 Å². The van der Waals surface area contributed by atoms with Crippen LogP contribution in [0, 0.1) is 23.2 Å². The average molecular weight is 564 g/mol. The minimum atomic E-state index is -4.37. The highest BCUT2D eigenvalue weighted by Crippen LogP contribution is 2.61. The Labute approximate surface area is 218 Å². The number of nitrogens with one attached hydrogen (secondary N) is 1. The smallest absolute Gasteiger partial charge is 0.311 e. The number of nitrogens with two attached hydrogens (primary N) is 1. The van der Waals surface area contributed by atoms with E-state index in [1.807, 2.05) is 0 Å². The number of amides is 3. The summed E-state index contributed by atoms with van der Waals surface area (Å²) in [7, 11) is -4.37. The lowest BCUT2D eigenvalue weighted by Gasteiger charge is -2.60. The van der Waals surface area contributed by atoms with Crippen molar-refractivity contribution < 1.29 is 22.8 Å². The van der Waals surface area contributed by atoms with Crippen LogP contribution in [0.1, 0.15) is 38.5 Å². The van der Waals surface area contributed by atoms with Crippen molar-refractivity contribution in [3.05, 3.63) is 27.2 Å². The number of rotatable bonds is 6. The van der Waals surface area contributed by atoms with Gasteiger partial charge in [0, 0.05) is 17.5 Å². The van der Waals surface area contributed by atoms with Gasteiger partial charge in [0.2, 0.25) is 11.8 Å². The normalized spacial score (nSPS) is 33.3. The molecule has 0 aromatic heterocycles. The number of carbonyl (C=O) groups is 3. The summed E-state index contributed by atoms with van der Waals surface area (Å²) in [6, 6.07) is 2.50. The molecule has 2 atom stereocenters. The molecule has 1 heterocycles. The molecule has 0 spiro atoms. The minimum Gasteiger partial charge on any atom is -0.370 e. The third-order valence-corrected chi connectivity index (χ3v) is 10.4. The first-order valence-electron chi connectivity index (χ1n) is 11.4. The van der Waals surface area contributed by atoms with Crippen LogP contribution in [0.25, 0.3) is 0 Å². The fourth-order valence-electron chi connectivity index (χ4n) is 7.05. The summed E-state index contributed by atoms with van der Waals surface area (Å²) < 4.78 is 27.7. The highest BCUT2D eigenvalue weighted by molar-refractivity contribution is 7.91. The lowest BCUT2D eigenvalue weighted by molar-refractivity contribution is -0.134. The lowest BCUT2D eigenvalue weighted by Crippen LogP contribution is -2.60. The van der Waals surface area contributed by atoms with E-state index in [4.69, 9.17) is 40.5 Å². The topological polar surface area (TPSA) is 130 Å². The van der Waals surface area contributed by atoms with E-state index in [9.17, 15) is 22.8 Å². The van der Waals surface area contributed by atoms with E-state index in [2.05, 4.69) is 5.32 Å². The molecule has 3 amide bonds. The molecular formula is C22H25Cl3N4O5S. The molecule has 190 valence electrons. The Bertz CT molecular complexity index is 1190. The van der Waals surface area contributed by atoms with Gasteiger partial charge in [-0.15, -0.1) is 0 Å². The van der Waals surface area contributed by atoms with Crippen LogP contribution >= 0.6 is 34.8 Å². The Morgan fingerprint density at radius 1 is 1.09 bits per heavy atom. The first-order chi connectivity index (χ1) is 16.4. The van der Waals surface area contributed by atoms with Crippen LogP contribution in [-0.4, -0.2) is 49.6 Å². The predicted molar refractivity (Wildman–Crippen MR) is 131 cm³/mol. The molecular weight excluding hydrogens is 539 g/mol. The van der Waals surface area contributed by atoms with Crippen molar-refractivity contribution in [2.45, 2.75) is 44.6 Å². The van der Waals surface area contributed by atoms with Gasteiger partial charge in [0.1, 0.15) is 0 Å². The quantitative estimate of drug-likeness (QED) is 0.550. The van der Waals surface area contributed by atoms with E-state index in [1.54, 1.807) is 0 Å². The summed E-state index contributed by atoms with van der Waals surface area (Å²) in [5, 5.41) is 3.04. The number of halogens is 3. The molecule has 4 saturated carbocycles. The van der Waals surface area contributed by atoms with Crippen LogP contribution in [-0.2, 0) is 24.6 Å². The van der Waals surface area contributed by atoms with Crippen LogP contribution in [0.5, 0.6) is 0 Å². The molecule has 35 heavy (non-hydrogen) atoms. The first-order valence-corrected chi connectivity index (χ1v) is 14.0. The standard InChI is InChI=1S/C22H25Cl3N4O5S/c23-14-3-15(24)21(16(25)4-14)29-19(32)10-28(35(29,33)34)9-18(31)27-20-12-1-11-2-13(20)7-22(5-11,6-12)8-17(26)30/h3-4,11-13,20H,1-2,5-10H2,(H2,26,30)(H,27,31). The molecule has 1 aliphatic heterocycles. The van der Waals surface area contributed by atoms with Gasteiger partial charge in [-0.25, -0.2) is 0 Å². The Kier molecular flexibility index (Phi) is 6.28. The minimum absolute atomic E-state index is 0.0775. The van der Waals surface area contributed by atoms with Crippen molar-refractivity contribution in [2.24, 2.45) is 28.9 Å². The maximum atomic E-state index is 13.2. The van der Waals surface area contributed by atoms with Gasteiger partial charge in [-0.05, 0) is 67.4 Å². The van der Waals surface area contributed by atoms with Crippen LogP contribution in [0.2, 0.25) is 15.1 Å². The monoisotopic (exact) mass is 562 g/mol. The molecule has 4 aliphatic carbocycles. The summed E-state index contributed by atoms with van der Waals surface area (Å²) in [6.07, 6.45) is 4.99. The van der Waals surface area contributed by atoms with Gasteiger partial charge in [0.05, 0.1) is 28.8 Å². The van der Waals surface area contributed by atoms with E-state index >= 15 is 0 Å². The summed E-state index contributed by atoms with van der Waals surface area (Å²) in [6.45, 7) is -1.01. The molecule has 5 fully saturated rings. The van der Waals surface area contributed by atoms with Crippen LogP contribution in [0.3, 0.4) is 0 Å². The van der Waals surface area contributed by atoms with E-state index in [0.717, 1.165) is 36.4 Å². The lowest BCUT2D eigenvalue weighted by atomic mass is 9.47. The molecule has 1 aromatic carbocycles. The maximum Gasteiger partial charge on any atom is 0.311 e. The van der Waals surface area contributed by atoms with Crippen molar-refractivity contribution in [1.29, 1.82) is 0 Å². The van der Waals surface area contributed by atoms with Crippen molar-refractivity contribution >= 4 is 68.4 Å². The number of hydrogen-bond donors (Lipinski definition) is 2. The molecule has 4 bridgehead atoms. The Morgan fingerprint density at radius 2 is 1.69 bits per heavy atom. The first kappa shape index (κ1) is 25.1. The largest absolute Gasteiger partial charge is 0.370 e. The molecule has 1 aromatic rings. The fraction of sp³-hybridized carbons (Fsp3) is 0.591. The Morgan fingerprint density at radius 3 is 2.26 bits per heavy atom. The van der Waals surface area contributed by atoms with Crippen LogP contribution in [0.15, 0.2) is 12.1 Å². The second-order valence-corrected chi connectivity index (χ2v) is 13.4. The third-order valence-electron chi connectivity index (χ3n) is 7.88. The van der Waals surface area contributed by atoms with E-state index in [-0.39, 0.29) is 50.0 Å². The highest BCUT2D eigenvalue weighted by atomic mass is 35.5. The molecule has 5 aliphatic rings. The van der Waals surface area contributed by atoms with Crippen molar-refractivity contribution in [3.8, 4) is 0 Å². The van der Waals surface area contributed by atoms with E-state index in [0.29, 0.717) is 16.6 Å². The van der Waals surface area contributed by atoms with Gasteiger partial charge in [0.15, 0.2) is 0 Å². The maximum absolute atomic E-state index is 13.2. The SMILES string of the molecule is NC(=O)CC12CC3CC(C1)C(NC(=O)CN1CC(=O)N(c4c(Cl)cc(Cl)cc4Cl)S1(=O)=O)C(C3)C2. The molecule has 13 heteroatoms. The molecule has 0 radical (unpaired) electrons. The Balaban J connectivity index is 1.29. The molecule has 6 rings (SSSR count). The van der Waals surface area contributed by atoms with Gasteiger partial charge in [-0.3, -0.25) is 14.4 Å². The molecule has 1 saturated heterocycles. The van der Waals surface area contributed by atoms with Crippen LogP contribution < -0.4 is 15.4 Å². The zero-order valence-corrected chi connectivity index (χ0v) is 21.8. The third kappa shape index (κ3) is 4.41. The number of primary amides is 1. The summed E-state index contributed by atoms with van der Waals surface area (Å²) in [5.41, 5.74) is 5.24. The van der Waals surface area contributed by atoms with Gasteiger partial charge in [-0.2, -0.15) is 17.0 Å². The zero-order chi connectivity index (χ0) is 25.3. The number of anilines is 1. The molecule has 3 N–H and O–H groups in total. The summed E-state index contributed by atoms with van der Waals surface area (Å²) in [5.74, 6) is -0.556. The average Bonchev–Trinajstić information content (AvgIpc) is 2.91. The molecule has 9 nitrogen and oxygen atoms in total. The second-order valence-electron chi connectivity index (χ2n) is 10.4. The Hall–Kier alpha value is -1.59. The highest BCUT2D eigenvalue weighted by Gasteiger charge is 2.56. The zero-order valence-electron chi connectivity index (χ0n) is 18.7. The number of carbonyl (C=O) groups excluding carboxylic acids is 3. The summed E-state index contributed by atoms with van der Waals surface area (Å²) in [4.78, 5) is 37.3. The predicted octanol–water partition coefficient (Wildman–Crippen LogP) is 2.73. The van der Waals surface area contributed by atoms with Gasteiger partial charge < -0.3 is 11.1 Å². The van der Waals surface area contributed by atoms with Crippen molar-refractivity contribution in [2.75, 3.05) is 17.4 Å².